The van der Waals surface area contributed by atoms with Crippen molar-refractivity contribution in [3.8, 4) is 6.07 Å². The number of nitrogens with one attached hydrogen (secondary N) is 2. The molecule has 0 aromatic carbocycles. The zero-order valence-electron chi connectivity index (χ0n) is 16.5. The molecule has 0 radical (unpaired) electrons. The number of ether oxygens (including phenoxy) is 1. The minimum atomic E-state index is -0.720. The van der Waals surface area contributed by atoms with Crippen molar-refractivity contribution in [2.75, 3.05) is 18.5 Å². The first-order valence-corrected chi connectivity index (χ1v) is 9.52. The van der Waals surface area contributed by atoms with Crippen LogP contribution in [-0.2, 0) is 4.74 Å². The molecule has 0 bridgehead atoms. The number of amides is 2. The molecule has 29 heavy (non-hydrogen) atoms. The Bertz CT molecular complexity index is 910. The Morgan fingerprint density at radius 1 is 1.34 bits per heavy atom. The average Bonchev–Trinajstić information content (AvgIpc) is 3.17. The van der Waals surface area contributed by atoms with E-state index in [1.807, 2.05) is 0 Å². The maximum atomic E-state index is 12.7. The van der Waals surface area contributed by atoms with Gasteiger partial charge in [-0.05, 0) is 45.2 Å². The quantitative estimate of drug-likeness (QED) is 0.774. The van der Waals surface area contributed by atoms with Crippen LogP contribution in [0.1, 0.15) is 60.3 Å². The van der Waals surface area contributed by atoms with Crippen molar-refractivity contribution >= 4 is 17.5 Å². The molecule has 1 saturated heterocycles. The summed E-state index contributed by atoms with van der Waals surface area (Å²) < 4.78 is 7.30. The topological polar surface area (TPSA) is 122 Å². The van der Waals surface area contributed by atoms with Gasteiger partial charge in [-0.1, -0.05) is 6.07 Å². The van der Waals surface area contributed by atoms with Crippen LogP contribution in [0, 0.1) is 16.7 Å². The number of anilines is 1. The number of carbonyl (C=O) groups excluding carboxylic acids is 2. The highest BCUT2D eigenvalue weighted by Crippen LogP contribution is 2.25. The molecule has 2 aromatic heterocycles. The van der Waals surface area contributed by atoms with E-state index in [9.17, 15) is 9.59 Å². The molecular weight excluding hydrogens is 372 g/mol. The Kier molecular flexibility index (Phi) is 6.24. The molecule has 1 atom stereocenters. The van der Waals surface area contributed by atoms with E-state index < -0.39 is 17.2 Å². The number of hydrogen-bond donors (Lipinski definition) is 2. The highest BCUT2D eigenvalue weighted by molar-refractivity contribution is 6.07. The van der Waals surface area contributed by atoms with Crippen molar-refractivity contribution in [1.82, 2.24) is 20.1 Å². The van der Waals surface area contributed by atoms with E-state index in [0.29, 0.717) is 6.61 Å². The third-order valence-corrected chi connectivity index (χ3v) is 4.54. The van der Waals surface area contributed by atoms with E-state index in [1.54, 1.807) is 42.9 Å². The molecule has 2 amide bonds. The molecule has 2 aromatic rings. The van der Waals surface area contributed by atoms with Gasteiger partial charge in [-0.25, -0.2) is 4.68 Å². The van der Waals surface area contributed by atoms with Gasteiger partial charge in [-0.2, -0.15) is 10.4 Å². The molecule has 1 aliphatic heterocycles. The Hall–Kier alpha value is -3.25. The van der Waals surface area contributed by atoms with Crippen LogP contribution in [0.3, 0.4) is 0 Å². The summed E-state index contributed by atoms with van der Waals surface area (Å²) in [6.45, 7) is 4.23. The molecule has 152 valence electrons. The first kappa shape index (κ1) is 20.5. The Morgan fingerprint density at radius 3 is 2.83 bits per heavy atom. The summed E-state index contributed by atoms with van der Waals surface area (Å²) in [6.07, 6.45) is 5.59. The number of hydrogen-bond acceptors (Lipinski definition) is 6. The molecule has 0 saturated carbocycles. The molecule has 1 unspecified atom stereocenters. The van der Waals surface area contributed by atoms with Gasteiger partial charge in [0.05, 0.1) is 23.4 Å². The van der Waals surface area contributed by atoms with Gasteiger partial charge in [0, 0.05) is 19.3 Å². The number of pyridine rings is 1. The first-order valence-electron chi connectivity index (χ1n) is 9.52. The molecule has 9 nitrogen and oxygen atoms in total. The number of rotatable bonds is 6. The van der Waals surface area contributed by atoms with Gasteiger partial charge in [-0.3, -0.25) is 14.6 Å². The lowest BCUT2D eigenvalue weighted by Crippen LogP contribution is -2.34. The number of carbonyl (C=O) groups is 2. The average molecular weight is 396 g/mol. The number of aromatic nitrogens is 3. The summed E-state index contributed by atoms with van der Waals surface area (Å²) in [6, 6.07) is 7.14. The van der Waals surface area contributed by atoms with Crippen molar-refractivity contribution in [3.05, 3.63) is 42.0 Å². The predicted octanol–water partition coefficient (Wildman–Crippen LogP) is 2.51. The zero-order valence-corrected chi connectivity index (χ0v) is 16.5. The largest absolute Gasteiger partial charge is 0.357 e. The van der Waals surface area contributed by atoms with Crippen molar-refractivity contribution in [1.29, 1.82) is 5.26 Å². The normalized spacial score (nSPS) is 16.7. The van der Waals surface area contributed by atoms with Crippen LogP contribution in [0.15, 0.2) is 30.6 Å². The highest BCUT2D eigenvalue weighted by Gasteiger charge is 2.25. The molecule has 3 rings (SSSR count). The fourth-order valence-electron chi connectivity index (χ4n) is 2.84. The molecule has 2 N–H and O–H groups in total. The lowest BCUT2D eigenvalue weighted by Gasteiger charge is -2.22. The molecular formula is C20H24N6O3. The molecule has 1 fully saturated rings. The molecule has 3 heterocycles. The van der Waals surface area contributed by atoms with Crippen LogP contribution in [0.5, 0.6) is 0 Å². The third-order valence-electron chi connectivity index (χ3n) is 4.54. The van der Waals surface area contributed by atoms with Gasteiger partial charge in [0.25, 0.3) is 11.8 Å². The zero-order chi connectivity index (χ0) is 20.9. The Balaban J connectivity index is 1.84. The minimum Gasteiger partial charge on any atom is -0.357 e. The second-order valence-electron chi connectivity index (χ2n) is 7.54. The maximum absolute atomic E-state index is 12.7. The molecule has 0 spiro atoms. The summed E-state index contributed by atoms with van der Waals surface area (Å²) in [7, 11) is 0. The molecule has 9 heteroatoms. The van der Waals surface area contributed by atoms with E-state index in [4.69, 9.17) is 10.00 Å². The van der Waals surface area contributed by atoms with Crippen LogP contribution < -0.4 is 10.6 Å². The van der Waals surface area contributed by atoms with Crippen LogP contribution in [0.4, 0.5) is 5.69 Å². The van der Waals surface area contributed by atoms with Crippen molar-refractivity contribution in [2.45, 2.75) is 39.3 Å². The Labute approximate surface area is 169 Å². The third kappa shape index (κ3) is 5.18. The van der Waals surface area contributed by atoms with E-state index in [-0.39, 0.29) is 29.8 Å². The van der Waals surface area contributed by atoms with Crippen LogP contribution in [0.2, 0.25) is 0 Å². The van der Waals surface area contributed by atoms with Crippen molar-refractivity contribution in [2.24, 2.45) is 5.41 Å². The van der Waals surface area contributed by atoms with E-state index >= 15 is 0 Å². The summed E-state index contributed by atoms with van der Waals surface area (Å²) in [5.41, 5.74) is -0.160. The van der Waals surface area contributed by atoms with Crippen molar-refractivity contribution < 1.29 is 14.3 Å². The fourth-order valence-corrected chi connectivity index (χ4v) is 2.84. The first-order chi connectivity index (χ1) is 13.9. The fraction of sp³-hybridized carbons (Fsp3) is 0.450. The molecule has 0 aliphatic carbocycles. The number of nitrogens with zero attached hydrogens (tertiary/aromatic N) is 4. The summed E-state index contributed by atoms with van der Waals surface area (Å²) in [5.74, 6) is -0.916. The second kappa shape index (κ2) is 8.84. The van der Waals surface area contributed by atoms with E-state index in [2.05, 4.69) is 26.8 Å². The highest BCUT2D eigenvalue weighted by atomic mass is 16.5. The van der Waals surface area contributed by atoms with Gasteiger partial charge in [-0.15, -0.1) is 0 Å². The van der Waals surface area contributed by atoms with Crippen molar-refractivity contribution in [3.63, 3.8) is 0 Å². The van der Waals surface area contributed by atoms with E-state index in [1.165, 1.54) is 6.20 Å². The van der Waals surface area contributed by atoms with Gasteiger partial charge < -0.3 is 15.4 Å². The predicted molar refractivity (Wildman–Crippen MR) is 105 cm³/mol. The summed E-state index contributed by atoms with van der Waals surface area (Å²) in [5, 5.41) is 18.9. The standard InChI is InChI=1S/C20H24N6O3/c1-20(2,12-21)13-23-19(28)17-15(24-18(27)14-7-3-5-9-22-14)11-26(25-17)16-8-4-6-10-29-16/h3,5,7,9,11,16H,4,6,8,10,13H2,1-2H3,(H,23,28)(H,24,27). The monoisotopic (exact) mass is 396 g/mol. The Morgan fingerprint density at radius 2 is 2.17 bits per heavy atom. The van der Waals surface area contributed by atoms with Crippen LogP contribution in [-0.4, -0.2) is 39.7 Å². The molecule has 1 aliphatic rings. The van der Waals surface area contributed by atoms with Gasteiger partial charge in [0.1, 0.15) is 11.9 Å². The van der Waals surface area contributed by atoms with E-state index in [0.717, 1.165) is 19.3 Å². The van der Waals surface area contributed by atoms with Gasteiger partial charge in [0.15, 0.2) is 5.69 Å². The lowest BCUT2D eigenvalue weighted by atomic mass is 9.96. The summed E-state index contributed by atoms with van der Waals surface area (Å²) >= 11 is 0. The maximum Gasteiger partial charge on any atom is 0.274 e. The van der Waals surface area contributed by atoms with Gasteiger partial charge >= 0.3 is 0 Å². The smallest absolute Gasteiger partial charge is 0.274 e. The van der Waals surface area contributed by atoms with Crippen LogP contribution >= 0.6 is 0 Å². The lowest BCUT2D eigenvalue weighted by molar-refractivity contribution is -0.0395. The second-order valence-corrected chi connectivity index (χ2v) is 7.54. The number of nitriles is 1. The summed E-state index contributed by atoms with van der Waals surface area (Å²) in [4.78, 5) is 29.3. The minimum absolute atomic E-state index is 0.0668. The SMILES string of the molecule is CC(C)(C#N)CNC(=O)c1nn(C2CCCCO2)cc1NC(=O)c1ccccn1. The van der Waals surface area contributed by atoms with Gasteiger partial charge in [0.2, 0.25) is 0 Å². The van der Waals surface area contributed by atoms with Crippen LogP contribution in [0.25, 0.3) is 0 Å².